The van der Waals surface area contributed by atoms with Crippen molar-refractivity contribution in [3.8, 4) is 0 Å². The maximum Gasteiger partial charge on any atom is 0.242 e. The number of benzene rings is 1. The molecule has 0 bridgehead atoms. The average Bonchev–Trinajstić information content (AvgIpc) is 2.34. The minimum atomic E-state index is -3.79. The van der Waals surface area contributed by atoms with Crippen LogP contribution in [0, 0.1) is 0 Å². The highest BCUT2D eigenvalue weighted by molar-refractivity contribution is 9.10. The third-order valence-electron chi connectivity index (χ3n) is 2.50. The first-order valence-electron chi connectivity index (χ1n) is 5.46. The Kier molecular flexibility index (Phi) is 5.79. The second-order valence-electron chi connectivity index (χ2n) is 3.81. The summed E-state index contributed by atoms with van der Waals surface area (Å²) in [5, 5.41) is 0.0955. The van der Waals surface area contributed by atoms with Crippen LogP contribution in [0.1, 0.15) is 6.92 Å². The van der Waals surface area contributed by atoms with Gasteiger partial charge in [0.1, 0.15) is 4.90 Å². The summed E-state index contributed by atoms with van der Waals surface area (Å²) in [6.45, 7) is 2.02. The first kappa shape index (κ1) is 16.4. The monoisotopic (exact) mass is 368 g/mol. The number of sulfonamides is 1. The van der Waals surface area contributed by atoms with Crippen LogP contribution < -0.4 is 4.72 Å². The van der Waals surface area contributed by atoms with Gasteiger partial charge < -0.3 is 4.90 Å². The molecule has 0 saturated carbocycles. The number of nitrogens with one attached hydrogen (secondary N) is 1. The number of nitrogens with zero attached hydrogens (tertiary/aromatic N) is 1. The number of halogens is 2. The van der Waals surface area contributed by atoms with Crippen molar-refractivity contribution in [2.24, 2.45) is 0 Å². The van der Waals surface area contributed by atoms with E-state index in [1.165, 1.54) is 17.0 Å². The highest BCUT2D eigenvalue weighted by Gasteiger charge is 2.19. The zero-order valence-corrected chi connectivity index (χ0v) is 13.6. The Morgan fingerprint density at radius 2 is 2.11 bits per heavy atom. The summed E-state index contributed by atoms with van der Waals surface area (Å²) < 4.78 is 26.9. The van der Waals surface area contributed by atoms with Gasteiger partial charge in [-0.05, 0) is 25.1 Å². The predicted molar refractivity (Wildman–Crippen MR) is 77.7 cm³/mol. The third kappa shape index (κ3) is 4.45. The average molecular weight is 370 g/mol. The van der Waals surface area contributed by atoms with Crippen molar-refractivity contribution >= 4 is 43.5 Å². The summed E-state index contributed by atoms with van der Waals surface area (Å²) in [4.78, 5) is 12.9. The summed E-state index contributed by atoms with van der Waals surface area (Å²) >= 11 is 9.07. The van der Waals surface area contributed by atoms with E-state index in [4.69, 9.17) is 11.6 Å². The zero-order valence-electron chi connectivity index (χ0n) is 10.5. The second-order valence-corrected chi connectivity index (χ2v) is 6.87. The van der Waals surface area contributed by atoms with Gasteiger partial charge in [0.05, 0.1) is 11.6 Å². The molecule has 1 rings (SSSR count). The quantitative estimate of drug-likeness (QED) is 0.861. The fraction of sp³-hybridized carbons (Fsp3) is 0.364. The van der Waals surface area contributed by atoms with Crippen LogP contribution in [0.3, 0.4) is 0 Å². The van der Waals surface area contributed by atoms with Crippen molar-refractivity contribution in [1.82, 2.24) is 9.62 Å². The van der Waals surface area contributed by atoms with E-state index in [9.17, 15) is 13.2 Å². The van der Waals surface area contributed by atoms with Crippen LogP contribution in [0.2, 0.25) is 5.02 Å². The van der Waals surface area contributed by atoms with Crippen LogP contribution in [0.25, 0.3) is 0 Å². The molecule has 5 nitrogen and oxygen atoms in total. The van der Waals surface area contributed by atoms with Gasteiger partial charge in [0.2, 0.25) is 15.9 Å². The summed E-state index contributed by atoms with van der Waals surface area (Å²) in [5.74, 6) is -0.306. The molecule has 0 aliphatic carbocycles. The lowest BCUT2D eigenvalue weighted by Crippen LogP contribution is -2.38. The van der Waals surface area contributed by atoms with Crippen molar-refractivity contribution < 1.29 is 13.2 Å². The van der Waals surface area contributed by atoms with Crippen molar-refractivity contribution in [3.05, 3.63) is 27.7 Å². The standard InChI is InChI=1S/C11H14BrClN2O3S/c1-3-15(2)11(16)7-14-19(17,18)10-5-4-8(12)6-9(10)13/h4-6,14H,3,7H2,1-2H3. The fourth-order valence-corrected chi connectivity index (χ4v) is 3.25. The molecule has 106 valence electrons. The molecule has 0 radical (unpaired) electrons. The maximum absolute atomic E-state index is 12.0. The number of hydrogen-bond acceptors (Lipinski definition) is 3. The van der Waals surface area contributed by atoms with E-state index in [1.54, 1.807) is 20.0 Å². The lowest BCUT2D eigenvalue weighted by atomic mass is 10.4. The van der Waals surface area contributed by atoms with Crippen molar-refractivity contribution in [2.45, 2.75) is 11.8 Å². The summed E-state index contributed by atoms with van der Waals surface area (Å²) in [5.41, 5.74) is 0. The van der Waals surface area contributed by atoms with Gasteiger partial charge in [-0.25, -0.2) is 13.1 Å². The van der Waals surface area contributed by atoms with Gasteiger partial charge in [0.25, 0.3) is 0 Å². The summed E-state index contributed by atoms with van der Waals surface area (Å²) in [6, 6.07) is 4.43. The molecule has 1 aromatic rings. The Bertz CT molecular complexity index is 577. The maximum atomic E-state index is 12.0. The minimum absolute atomic E-state index is 0.0516. The molecule has 8 heteroatoms. The first-order valence-corrected chi connectivity index (χ1v) is 8.12. The SMILES string of the molecule is CCN(C)C(=O)CNS(=O)(=O)c1ccc(Br)cc1Cl. The molecule has 0 aliphatic heterocycles. The molecule has 0 saturated heterocycles. The first-order chi connectivity index (χ1) is 8.77. The number of hydrogen-bond donors (Lipinski definition) is 1. The molecule has 0 unspecified atom stereocenters. The zero-order chi connectivity index (χ0) is 14.6. The Hall–Kier alpha value is -0.630. The Labute approximate surface area is 126 Å². The van der Waals surface area contributed by atoms with Crippen LogP contribution in [-0.4, -0.2) is 39.4 Å². The van der Waals surface area contributed by atoms with Crippen LogP contribution in [0.5, 0.6) is 0 Å². The smallest absolute Gasteiger partial charge is 0.242 e. The molecule has 0 aromatic heterocycles. The molecule has 0 atom stereocenters. The fourth-order valence-electron chi connectivity index (χ4n) is 1.24. The van der Waals surface area contributed by atoms with Gasteiger partial charge in [0.15, 0.2) is 0 Å². The van der Waals surface area contributed by atoms with Crippen molar-refractivity contribution in [1.29, 1.82) is 0 Å². The predicted octanol–water partition coefficient (Wildman–Crippen LogP) is 1.86. The van der Waals surface area contributed by atoms with Gasteiger partial charge in [-0.2, -0.15) is 0 Å². The molecule has 0 aliphatic rings. The topological polar surface area (TPSA) is 66.5 Å². The third-order valence-corrected chi connectivity index (χ3v) is 4.87. The van der Waals surface area contributed by atoms with Crippen molar-refractivity contribution in [3.63, 3.8) is 0 Å². The number of rotatable bonds is 5. The van der Waals surface area contributed by atoms with Crippen LogP contribution in [0.15, 0.2) is 27.6 Å². The minimum Gasteiger partial charge on any atom is -0.345 e. The molecular weight excluding hydrogens is 356 g/mol. The number of carbonyl (C=O) groups is 1. The Morgan fingerprint density at radius 3 is 2.63 bits per heavy atom. The molecular formula is C11H14BrClN2O3S. The van der Waals surface area contributed by atoms with Gasteiger partial charge in [-0.3, -0.25) is 4.79 Å². The largest absolute Gasteiger partial charge is 0.345 e. The van der Waals surface area contributed by atoms with E-state index in [1.807, 2.05) is 0 Å². The number of amides is 1. The van der Waals surface area contributed by atoms with E-state index in [0.29, 0.717) is 11.0 Å². The van der Waals surface area contributed by atoms with Gasteiger partial charge in [0, 0.05) is 18.1 Å². The van der Waals surface area contributed by atoms with E-state index in [0.717, 1.165) is 0 Å². The van der Waals surface area contributed by atoms with Crippen LogP contribution >= 0.6 is 27.5 Å². The Morgan fingerprint density at radius 1 is 1.47 bits per heavy atom. The molecule has 1 N–H and O–H groups in total. The summed E-state index contributed by atoms with van der Waals surface area (Å²) in [7, 11) is -2.19. The van der Waals surface area contributed by atoms with E-state index in [-0.39, 0.29) is 22.4 Å². The van der Waals surface area contributed by atoms with Crippen molar-refractivity contribution in [2.75, 3.05) is 20.1 Å². The molecule has 1 amide bonds. The van der Waals surface area contributed by atoms with Crippen LogP contribution in [-0.2, 0) is 14.8 Å². The molecule has 0 spiro atoms. The van der Waals surface area contributed by atoms with E-state index in [2.05, 4.69) is 20.7 Å². The highest BCUT2D eigenvalue weighted by Crippen LogP contribution is 2.24. The molecule has 19 heavy (non-hydrogen) atoms. The van der Waals surface area contributed by atoms with Crippen LogP contribution in [0.4, 0.5) is 0 Å². The van der Waals surface area contributed by atoms with Gasteiger partial charge in [-0.1, -0.05) is 27.5 Å². The highest BCUT2D eigenvalue weighted by atomic mass is 79.9. The molecule has 0 fully saturated rings. The lowest BCUT2D eigenvalue weighted by molar-refractivity contribution is -0.128. The Balaban J connectivity index is 2.85. The molecule has 1 aromatic carbocycles. The summed E-state index contributed by atoms with van der Waals surface area (Å²) in [6.07, 6.45) is 0. The lowest BCUT2D eigenvalue weighted by Gasteiger charge is -2.15. The van der Waals surface area contributed by atoms with E-state index < -0.39 is 10.0 Å². The second kappa shape index (κ2) is 6.69. The molecule has 0 heterocycles. The van der Waals surface area contributed by atoms with Gasteiger partial charge >= 0.3 is 0 Å². The number of likely N-dealkylation sites (N-methyl/N-ethyl adjacent to an activating group) is 1. The normalized spacial score (nSPS) is 11.4. The van der Waals surface area contributed by atoms with E-state index >= 15 is 0 Å². The van der Waals surface area contributed by atoms with Gasteiger partial charge in [-0.15, -0.1) is 0 Å². The number of carbonyl (C=O) groups excluding carboxylic acids is 1.